The van der Waals surface area contributed by atoms with Crippen LogP contribution in [-0.4, -0.2) is 11.1 Å². The number of carbonyl (C=O) groups is 1. The van der Waals surface area contributed by atoms with E-state index in [9.17, 15) is 4.79 Å². The molecule has 1 N–H and O–H groups in total. The third-order valence-corrected chi connectivity index (χ3v) is 3.50. The highest BCUT2D eigenvalue weighted by Crippen LogP contribution is 2.27. The SMILES string of the molecule is Cc1cc(C(C)CC(=O)O)cc(Br)c1C. The van der Waals surface area contributed by atoms with Crippen molar-refractivity contribution in [3.05, 3.63) is 33.3 Å². The van der Waals surface area contributed by atoms with E-state index in [1.54, 1.807) is 0 Å². The maximum Gasteiger partial charge on any atom is 0.303 e. The lowest BCUT2D eigenvalue weighted by atomic mass is 9.95. The summed E-state index contributed by atoms with van der Waals surface area (Å²) in [5, 5.41) is 8.73. The average molecular weight is 271 g/mol. The number of carboxylic acids is 1. The molecule has 0 aliphatic rings. The summed E-state index contributed by atoms with van der Waals surface area (Å²) in [6, 6.07) is 4.07. The van der Waals surface area contributed by atoms with Crippen LogP contribution in [0.5, 0.6) is 0 Å². The Hall–Kier alpha value is -0.830. The number of halogens is 1. The summed E-state index contributed by atoms with van der Waals surface area (Å²) in [5.74, 6) is -0.699. The average Bonchev–Trinajstić information content (AvgIpc) is 2.12. The Bertz CT molecular complexity index is 362. The van der Waals surface area contributed by atoms with Crippen molar-refractivity contribution < 1.29 is 9.90 Å². The van der Waals surface area contributed by atoms with E-state index in [4.69, 9.17) is 5.11 Å². The largest absolute Gasteiger partial charge is 0.481 e. The summed E-state index contributed by atoms with van der Waals surface area (Å²) in [6.45, 7) is 6.02. The van der Waals surface area contributed by atoms with Gasteiger partial charge in [0.1, 0.15) is 0 Å². The Morgan fingerprint density at radius 3 is 2.53 bits per heavy atom. The third-order valence-electron chi connectivity index (χ3n) is 2.68. The molecule has 1 atom stereocenters. The zero-order valence-corrected chi connectivity index (χ0v) is 10.8. The lowest BCUT2D eigenvalue weighted by molar-refractivity contribution is -0.137. The van der Waals surface area contributed by atoms with E-state index >= 15 is 0 Å². The molecular formula is C12H15BrO2. The van der Waals surface area contributed by atoms with E-state index in [-0.39, 0.29) is 12.3 Å². The number of aliphatic carboxylic acids is 1. The van der Waals surface area contributed by atoms with Gasteiger partial charge in [0, 0.05) is 4.47 Å². The molecule has 1 aromatic carbocycles. The monoisotopic (exact) mass is 270 g/mol. The first kappa shape index (κ1) is 12.2. The van der Waals surface area contributed by atoms with Crippen molar-refractivity contribution in [2.75, 3.05) is 0 Å². The quantitative estimate of drug-likeness (QED) is 0.911. The molecule has 0 aliphatic heterocycles. The number of rotatable bonds is 3. The normalized spacial score (nSPS) is 12.5. The second kappa shape index (κ2) is 4.79. The minimum atomic E-state index is -0.753. The molecule has 0 aromatic heterocycles. The lowest BCUT2D eigenvalue weighted by Crippen LogP contribution is -2.03. The molecule has 0 amide bonds. The van der Waals surface area contributed by atoms with Gasteiger partial charge < -0.3 is 5.11 Å². The molecule has 0 radical (unpaired) electrons. The van der Waals surface area contributed by atoms with E-state index in [1.165, 1.54) is 11.1 Å². The lowest BCUT2D eigenvalue weighted by Gasteiger charge is -2.13. The second-order valence-corrected chi connectivity index (χ2v) is 4.80. The highest BCUT2D eigenvalue weighted by atomic mass is 79.9. The summed E-state index contributed by atoms with van der Waals surface area (Å²) in [7, 11) is 0. The zero-order valence-electron chi connectivity index (χ0n) is 9.17. The van der Waals surface area contributed by atoms with Crippen molar-refractivity contribution in [2.45, 2.75) is 33.1 Å². The van der Waals surface area contributed by atoms with Gasteiger partial charge in [-0.05, 0) is 42.5 Å². The minimum absolute atomic E-state index is 0.0538. The van der Waals surface area contributed by atoms with Crippen LogP contribution in [0, 0.1) is 13.8 Å². The predicted molar refractivity (Wildman–Crippen MR) is 64.3 cm³/mol. The number of hydrogen-bond donors (Lipinski definition) is 1. The van der Waals surface area contributed by atoms with Gasteiger partial charge in [-0.2, -0.15) is 0 Å². The molecule has 82 valence electrons. The van der Waals surface area contributed by atoms with E-state index in [1.807, 2.05) is 26.8 Å². The Labute approximate surface area is 98.4 Å². The van der Waals surface area contributed by atoms with Gasteiger partial charge in [-0.3, -0.25) is 4.79 Å². The maximum absolute atomic E-state index is 10.6. The molecule has 1 aromatic rings. The van der Waals surface area contributed by atoms with Crippen LogP contribution in [0.1, 0.15) is 36.0 Å². The molecule has 0 heterocycles. The number of carboxylic acid groups (broad SMARTS) is 1. The Morgan fingerprint density at radius 2 is 2.07 bits per heavy atom. The first-order chi connectivity index (χ1) is 6.91. The van der Waals surface area contributed by atoms with Gasteiger partial charge in [-0.25, -0.2) is 0 Å². The smallest absolute Gasteiger partial charge is 0.303 e. The third kappa shape index (κ3) is 3.06. The molecular weight excluding hydrogens is 256 g/mol. The van der Waals surface area contributed by atoms with Gasteiger partial charge in [0.15, 0.2) is 0 Å². The van der Waals surface area contributed by atoms with Gasteiger partial charge in [-0.1, -0.05) is 28.9 Å². The van der Waals surface area contributed by atoms with E-state index in [2.05, 4.69) is 22.0 Å². The van der Waals surface area contributed by atoms with Crippen LogP contribution in [0.2, 0.25) is 0 Å². The highest BCUT2D eigenvalue weighted by molar-refractivity contribution is 9.10. The molecule has 0 bridgehead atoms. The van der Waals surface area contributed by atoms with Gasteiger partial charge in [-0.15, -0.1) is 0 Å². The Balaban J connectivity index is 3.00. The van der Waals surface area contributed by atoms with Crippen LogP contribution in [0.15, 0.2) is 16.6 Å². The summed E-state index contributed by atoms with van der Waals surface area (Å²) >= 11 is 3.48. The van der Waals surface area contributed by atoms with Crippen molar-refractivity contribution in [3.63, 3.8) is 0 Å². The van der Waals surface area contributed by atoms with Gasteiger partial charge in [0.25, 0.3) is 0 Å². The van der Waals surface area contributed by atoms with Crippen LogP contribution in [-0.2, 0) is 4.79 Å². The summed E-state index contributed by atoms with van der Waals surface area (Å²) in [5.41, 5.74) is 3.48. The number of hydrogen-bond acceptors (Lipinski definition) is 1. The maximum atomic E-state index is 10.6. The van der Waals surface area contributed by atoms with E-state index < -0.39 is 5.97 Å². The first-order valence-electron chi connectivity index (χ1n) is 4.90. The molecule has 1 unspecified atom stereocenters. The second-order valence-electron chi connectivity index (χ2n) is 3.94. The molecule has 0 saturated carbocycles. The molecule has 0 spiro atoms. The fraction of sp³-hybridized carbons (Fsp3) is 0.417. The molecule has 15 heavy (non-hydrogen) atoms. The van der Waals surface area contributed by atoms with Crippen LogP contribution in [0.25, 0.3) is 0 Å². The predicted octanol–water partition coefficient (Wildman–Crippen LogP) is 3.64. The summed E-state index contributed by atoms with van der Waals surface area (Å²) in [4.78, 5) is 10.6. The molecule has 2 nitrogen and oxygen atoms in total. The van der Waals surface area contributed by atoms with Crippen molar-refractivity contribution in [1.82, 2.24) is 0 Å². The van der Waals surface area contributed by atoms with Crippen molar-refractivity contribution in [3.8, 4) is 0 Å². The van der Waals surface area contributed by atoms with Crippen LogP contribution < -0.4 is 0 Å². The zero-order chi connectivity index (χ0) is 11.6. The molecule has 0 saturated heterocycles. The molecule has 0 fully saturated rings. The Kier molecular flexibility index (Phi) is 3.91. The van der Waals surface area contributed by atoms with Crippen molar-refractivity contribution in [2.24, 2.45) is 0 Å². The van der Waals surface area contributed by atoms with Gasteiger partial charge in [0.2, 0.25) is 0 Å². The first-order valence-corrected chi connectivity index (χ1v) is 5.69. The standard InChI is InChI=1S/C12H15BrO2/c1-7-4-10(6-11(13)9(7)3)8(2)5-12(14)15/h4,6,8H,5H2,1-3H3,(H,14,15). The fourth-order valence-electron chi connectivity index (χ4n) is 1.51. The van der Waals surface area contributed by atoms with Crippen molar-refractivity contribution >= 4 is 21.9 Å². The molecule has 1 rings (SSSR count). The molecule has 0 aliphatic carbocycles. The van der Waals surface area contributed by atoms with Crippen LogP contribution >= 0.6 is 15.9 Å². The van der Waals surface area contributed by atoms with E-state index in [0.717, 1.165) is 10.0 Å². The molecule has 3 heteroatoms. The summed E-state index contributed by atoms with van der Waals surface area (Å²) in [6.07, 6.45) is 0.176. The fourth-order valence-corrected chi connectivity index (χ4v) is 2.08. The van der Waals surface area contributed by atoms with Gasteiger partial charge in [0.05, 0.1) is 6.42 Å². The number of aryl methyl sites for hydroxylation is 1. The topological polar surface area (TPSA) is 37.3 Å². The summed E-state index contributed by atoms with van der Waals surface area (Å²) < 4.78 is 1.05. The number of benzene rings is 1. The minimum Gasteiger partial charge on any atom is -0.481 e. The highest BCUT2D eigenvalue weighted by Gasteiger charge is 2.12. The Morgan fingerprint density at radius 1 is 1.47 bits per heavy atom. The van der Waals surface area contributed by atoms with Crippen LogP contribution in [0.3, 0.4) is 0 Å². The van der Waals surface area contributed by atoms with Crippen molar-refractivity contribution in [1.29, 1.82) is 0 Å². The van der Waals surface area contributed by atoms with E-state index in [0.29, 0.717) is 0 Å². The van der Waals surface area contributed by atoms with Crippen LogP contribution in [0.4, 0.5) is 0 Å². The van der Waals surface area contributed by atoms with Gasteiger partial charge >= 0.3 is 5.97 Å².